The molecule has 0 aromatic rings. The summed E-state index contributed by atoms with van der Waals surface area (Å²) in [5.41, 5.74) is 0.330. The van der Waals surface area contributed by atoms with Gasteiger partial charge in [0.2, 0.25) is 0 Å². The molecule has 1 saturated heterocycles. The maximum absolute atomic E-state index is 9.90. The van der Waals surface area contributed by atoms with Gasteiger partial charge in [-0.1, -0.05) is 13.8 Å². The van der Waals surface area contributed by atoms with Gasteiger partial charge in [-0.15, -0.1) is 0 Å². The second kappa shape index (κ2) is 4.52. The van der Waals surface area contributed by atoms with E-state index in [1.165, 1.54) is 0 Å². The Kier molecular flexibility index (Phi) is 3.54. The number of aliphatic hydroxyl groups is 1. The monoisotopic (exact) mass is 241 g/mol. The molecule has 1 aliphatic carbocycles. The predicted octanol–water partition coefficient (Wildman–Crippen LogP) is 2.04. The van der Waals surface area contributed by atoms with Crippen LogP contribution in [0.4, 0.5) is 0 Å². The van der Waals surface area contributed by atoms with Gasteiger partial charge in [0.1, 0.15) is 0 Å². The molecule has 3 unspecified atom stereocenters. The van der Waals surface area contributed by atoms with E-state index in [0.717, 1.165) is 38.8 Å². The van der Waals surface area contributed by atoms with Crippen molar-refractivity contribution in [1.29, 1.82) is 0 Å². The van der Waals surface area contributed by atoms with Crippen LogP contribution in [-0.2, 0) is 4.74 Å². The smallest absolute Gasteiger partial charge is 0.0789 e. The fourth-order valence-corrected chi connectivity index (χ4v) is 3.44. The lowest BCUT2D eigenvalue weighted by Gasteiger charge is -2.45. The number of ether oxygens (including phenoxy) is 1. The molecule has 3 nitrogen and oxygen atoms in total. The van der Waals surface area contributed by atoms with Crippen LogP contribution in [0.3, 0.4) is 0 Å². The molecule has 0 bridgehead atoms. The van der Waals surface area contributed by atoms with Gasteiger partial charge >= 0.3 is 0 Å². The molecule has 0 aromatic heterocycles. The van der Waals surface area contributed by atoms with Crippen LogP contribution in [0.2, 0.25) is 0 Å². The molecule has 1 saturated carbocycles. The average Bonchev–Trinajstić information content (AvgIpc) is 2.65. The van der Waals surface area contributed by atoms with Crippen molar-refractivity contribution in [3.63, 3.8) is 0 Å². The standard InChI is InChI=1S/C14H27NO2/c1-13(2)6-5-11(16)9-12(13)15-8-7-14(3,10-15)17-4/h11-12,16H,5-10H2,1-4H3. The highest BCUT2D eigenvalue weighted by molar-refractivity contribution is 4.98. The Hall–Kier alpha value is -0.120. The maximum Gasteiger partial charge on any atom is 0.0789 e. The van der Waals surface area contributed by atoms with Gasteiger partial charge < -0.3 is 9.84 Å². The molecule has 1 N–H and O–H groups in total. The molecule has 1 aliphatic heterocycles. The normalized spacial score (nSPS) is 42.9. The zero-order valence-electron chi connectivity index (χ0n) is 11.7. The van der Waals surface area contributed by atoms with Gasteiger partial charge in [-0.3, -0.25) is 4.90 Å². The zero-order valence-corrected chi connectivity index (χ0v) is 11.7. The Morgan fingerprint density at radius 3 is 2.53 bits per heavy atom. The summed E-state index contributed by atoms with van der Waals surface area (Å²) >= 11 is 0. The number of methoxy groups -OCH3 is 1. The molecule has 2 rings (SSSR count). The Labute approximate surface area is 105 Å². The summed E-state index contributed by atoms with van der Waals surface area (Å²) in [5, 5.41) is 9.90. The lowest BCUT2D eigenvalue weighted by atomic mass is 9.71. The van der Waals surface area contributed by atoms with Crippen LogP contribution in [-0.4, -0.2) is 48.0 Å². The summed E-state index contributed by atoms with van der Waals surface area (Å²) in [4.78, 5) is 2.53. The largest absolute Gasteiger partial charge is 0.393 e. The topological polar surface area (TPSA) is 32.7 Å². The van der Waals surface area contributed by atoms with E-state index in [9.17, 15) is 5.11 Å². The minimum Gasteiger partial charge on any atom is -0.393 e. The van der Waals surface area contributed by atoms with Gasteiger partial charge in [-0.2, -0.15) is 0 Å². The van der Waals surface area contributed by atoms with Gasteiger partial charge in [0.25, 0.3) is 0 Å². The van der Waals surface area contributed by atoms with Crippen LogP contribution >= 0.6 is 0 Å². The Morgan fingerprint density at radius 2 is 1.94 bits per heavy atom. The minimum absolute atomic E-state index is 0.0124. The first-order valence-electron chi connectivity index (χ1n) is 6.84. The summed E-state index contributed by atoms with van der Waals surface area (Å²) < 4.78 is 5.61. The van der Waals surface area contributed by atoms with Crippen molar-refractivity contribution >= 4 is 0 Å². The Morgan fingerprint density at radius 1 is 1.24 bits per heavy atom. The first-order chi connectivity index (χ1) is 7.86. The summed E-state index contributed by atoms with van der Waals surface area (Å²) in [5.74, 6) is 0. The third kappa shape index (κ3) is 2.67. The highest BCUT2D eigenvalue weighted by atomic mass is 16.5. The Bertz CT molecular complexity index is 279. The fraction of sp³-hybridized carbons (Fsp3) is 1.00. The van der Waals surface area contributed by atoms with Crippen LogP contribution < -0.4 is 0 Å². The van der Waals surface area contributed by atoms with E-state index in [0.29, 0.717) is 11.5 Å². The molecule has 0 amide bonds. The van der Waals surface area contributed by atoms with Crippen LogP contribution in [0.5, 0.6) is 0 Å². The zero-order chi connectivity index (χ0) is 12.7. The molecular weight excluding hydrogens is 214 g/mol. The quantitative estimate of drug-likeness (QED) is 0.803. The molecule has 100 valence electrons. The molecule has 2 aliphatic rings. The number of nitrogens with zero attached hydrogens (tertiary/aromatic N) is 1. The second-order valence-electron chi connectivity index (χ2n) is 6.81. The lowest BCUT2D eigenvalue weighted by Crippen LogP contribution is -2.50. The van der Waals surface area contributed by atoms with Gasteiger partial charge in [0, 0.05) is 26.2 Å². The van der Waals surface area contributed by atoms with E-state index in [1.54, 1.807) is 0 Å². The predicted molar refractivity (Wildman–Crippen MR) is 69.0 cm³/mol. The van der Waals surface area contributed by atoms with E-state index in [2.05, 4.69) is 25.7 Å². The molecular formula is C14H27NO2. The highest BCUT2D eigenvalue weighted by Gasteiger charge is 2.44. The third-order valence-electron chi connectivity index (χ3n) is 4.92. The molecule has 0 aromatic carbocycles. The van der Waals surface area contributed by atoms with E-state index in [4.69, 9.17) is 4.74 Å². The molecule has 0 radical (unpaired) electrons. The van der Waals surface area contributed by atoms with Crippen molar-refractivity contribution in [3.8, 4) is 0 Å². The summed E-state index contributed by atoms with van der Waals surface area (Å²) in [6, 6.07) is 0.503. The number of hydrogen-bond donors (Lipinski definition) is 1. The highest BCUT2D eigenvalue weighted by Crippen LogP contribution is 2.41. The van der Waals surface area contributed by atoms with Crippen LogP contribution in [0.15, 0.2) is 0 Å². The van der Waals surface area contributed by atoms with Gasteiger partial charge in [0.15, 0.2) is 0 Å². The van der Waals surface area contributed by atoms with Crippen molar-refractivity contribution in [2.45, 2.75) is 64.2 Å². The Balaban J connectivity index is 2.06. The number of aliphatic hydroxyl groups excluding tert-OH is 1. The SMILES string of the molecule is COC1(C)CCN(C2CC(O)CCC2(C)C)C1. The molecule has 0 spiro atoms. The molecule has 3 atom stereocenters. The van der Waals surface area contributed by atoms with Crippen molar-refractivity contribution in [3.05, 3.63) is 0 Å². The first-order valence-corrected chi connectivity index (χ1v) is 6.84. The first kappa shape index (κ1) is 13.3. The molecule has 2 fully saturated rings. The second-order valence-corrected chi connectivity index (χ2v) is 6.81. The van der Waals surface area contributed by atoms with Crippen LogP contribution in [0.1, 0.15) is 46.5 Å². The van der Waals surface area contributed by atoms with E-state index in [-0.39, 0.29) is 11.7 Å². The molecule has 3 heteroatoms. The van der Waals surface area contributed by atoms with E-state index in [1.807, 2.05) is 7.11 Å². The van der Waals surface area contributed by atoms with Crippen LogP contribution in [0.25, 0.3) is 0 Å². The minimum atomic E-state index is -0.109. The third-order valence-corrected chi connectivity index (χ3v) is 4.92. The fourth-order valence-electron chi connectivity index (χ4n) is 3.44. The van der Waals surface area contributed by atoms with Gasteiger partial charge in [-0.25, -0.2) is 0 Å². The number of likely N-dealkylation sites (tertiary alicyclic amines) is 1. The van der Waals surface area contributed by atoms with Crippen molar-refractivity contribution < 1.29 is 9.84 Å². The average molecular weight is 241 g/mol. The van der Waals surface area contributed by atoms with Gasteiger partial charge in [-0.05, 0) is 38.0 Å². The van der Waals surface area contributed by atoms with Gasteiger partial charge in [0.05, 0.1) is 11.7 Å². The molecule has 17 heavy (non-hydrogen) atoms. The summed E-state index contributed by atoms with van der Waals surface area (Å²) in [6.45, 7) is 8.98. The van der Waals surface area contributed by atoms with Crippen molar-refractivity contribution in [2.75, 3.05) is 20.2 Å². The van der Waals surface area contributed by atoms with Crippen molar-refractivity contribution in [2.24, 2.45) is 5.41 Å². The maximum atomic E-state index is 9.90. The lowest BCUT2D eigenvalue weighted by molar-refractivity contribution is -0.0264. The number of hydrogen-bond acceptors (Lipinski definition) is 3. The number of rotatable bonds is 2. The summed E-state index contributed by atoms with van der Waals surface area (Å²) in [7, 11) is 1.81. The van der Waals surface area contributed by atoms with E-state index >= 15 is 0 Å². The van der Waals surface area contributed by atoms with E-state index < -0.39 is 0 Å². The van der Waals surface area contributed by atoms with Crippen molar-refractivity contribution in [1.82, 2.24) is 4.90 Å². The molecule has 1 heterocycles. The summed E-state index contributed by atoms with van der Waals surface area (Å²) in [6.07, 6.45) is 4.00. The van der Waals surface area contributed by atoms with Crippen LogP contribution in [0, 0.1) is 5.41 Å².